The highest BCUT2D eigenvalue weighted by molar-refractivity contribution is 7.99. The molecule has 1 rings (SSSR count). The van der Waals surface area contributed by atoms with Gasteiger partial charge in [0.2, 0.25) is 5.91 Å². The van der Waals surface area contributed by atoms with Gasteiger partial charge >= 0.3 is 0 Å². The van der Waals surface area contributed by atoms with E-state index < -0.39 is 0 Å². The third kappa shape index (κ3) is 3.98. The van der Waals surface area contributed by atoms with Crippen LogP contribution in [0.1, 0.15) is 27.7 Å². The van der Waals surface area contributed by atoms with Crippen molar-refractivity contribution in [2.45, 2.75) is 33.7 Å². The molecule has 1 fully saturated rings. The molecule has 0 aromatic heterocycles. The van der Waals surface area contributed by atoms with Crippen molar-refractivity contribution < 1.29 is 4.79 Å². The summed E-state index contributed by atoms with van der Waals surface area (Å²) in [7, 11) is 0. The molecule has 3 nitrogen and oxygen atoms in total. The van der Waals surface area contributed by atoms with Crippen LogP contribution in [-0.2, 0) is 4.79 Å². The third-order valence-corrected chi connectivity index (χ3v) is 4.58. The van der Waals surface area contributed by atoms with Crippen molar-refractivity contribution in [2.75, 3.05) is 24.6 Å². The van der Waals surface area contributed by atoms with Gasteiger partial charge in [-0.25, -0.2) is 0 Å². The van der Waals surface area contributed by atoms with Crippen molar-refractivity contribution in [1.29, 1.82) is 0 Å². The molecule has 1 atom stereocenters. The van der Waals surface area contributed by atoms with Crippen molar-refractivity contribution in [3.05, 3.63) is 0 Å². The molecule has 0 aromatic carbocycles. The second-order valence-corrected chi connectivity index (χ2v) is 6.59. The fourth-order valence-corrected chi connectivity index (χ4v) is 2.31. The number of hydrogen-bond acceptors (Lipinski definition) is 3. The Balaban J connectivity index is 2.34. The standard InChI is InChI=1S/C12H24N2OS/c1-9(2)12(3,4)8-14-11(15)10-7-16-6-5-13-10/h9-10,13H,5-8H2,1-4H3,(H,14,15). The van der Waals surface area contributed by atoms with E-state index in [1.165, 1.54) is 0 Å². The van der Waals surface area contributed by atoms with Crippen LogP contribution in [0.2, 0.25) is 0 Å². The molecule has 1 saturated heterocycles. The maximum atomic E-state index is 11.9. The molecule has 4 heteroatoms. The van der Waals surface area contributed by atoms with Crippen LogP contribution in [0.5, 0.6) is 0 Å². The number of rotatable bonds is 4. The van der Waals surface area contributed by atoms with E-state index >= 15 is 0 Å². The Labute approximate surface area is 103 Å². The SMILES string of the molecule is CC(C)C(C)(C)CNC(=O)C1CSCCN1. The number of carbonyl (C=O) groups is 1. The summed E-state index contributed by atoms with van der Waals surface area (Å²) < 4.78 is 0. The van der Waals surface area contributed by atoms with Crippen LogP contribution < -0.4 is 10.6 Å². The highest BCUT2D eigenvalue weighted by Gasteiger charge is 2.26. The van der Waals surface area contributed by atoms with Gasteiger partial charge < -0.3 is 10.6 Å². The molecule has 2 N–H and O–H groups in total. The first-order chi connectivity index (χ1) is 7.43. The summed E-state index contributed by atoms with van der Waals surface area (Å²) >= 11 is 1.85. The monoisotopic (exact) mass is 244 g/mol. The average molecular weight is 244 g/mol. The van der Waals surface area contributed by atoms with Crippen LogP contribution in [-0.4, -0.2) is 36.5 Å². The van der Waals surface area contributed by atoms with Crippen molar-refractivity contribution in [3.8, 4) is 0 Å². The Kier molecular flexibility index (Phi) is 5.12. The summed E-state index contributed by atoms with van der Waals surface area (Å²) in [6.07, 6.45) is 0. The van der Waals surface area contributed by atoms with Crippen LogP contribution in [0.25, 0.3) is 0 Å². The van der Waals surface area contributed by atoms with Crippen molar-refractivity contribution in [3.63, 3.8) is 0 Å². The lowest BCUT2D eigenvalue weighted by Gasteiger charge is -2.31. The minimum atomic E-state index is 0.00159. The Morgan fingerprint density at radius 1 is 1.56 bits per heavy atom. The maximum absolute atomic E-state index is 11.9. The molecule has 16 heavy (non-hydrogen) atoms. The molecular weight excluding hydrogens is 220 g/mol. The molecule has 0 radical (unpaired) electrons. The lowest BCUT2D eigenvalue weighted by Crippen LogP contribution is -2.51. The van der Waals surface area contributed by atoms with Crippen molar-refractivity contribution in [1.82, 2.24) is 10.6 Å². The van der Waals surface area contributed by atoms with Crippen LogP contribution in [0, 0.1) is 11.3 Å². The molecule has 1 heterocycles. The predicted octanol–water partition coefficient (Wildman–Crippen LogP) is 1.49. The molecule has 1 amide bonds. The smallest absolute Gasteiger partial charge is 0.238 e. The number of amides is 1. The molecule has 1 aliphatic heterocycles. The number of nitrogens with one attached hydrogen (secondary N) is 2. The van der Waals surface area contributed by atoms with E-state index in [1.54, 1.807) is 0 Å². The fourth-order valence-electron chi connectivity index (χ4n) is 1.38. The first-order valence-corrected chi connectivity index (χ1v) is 7.18. The van der Waals surface area contributed by atoms with Gasteiger partial charge in [0, 0.05) is 24.6 Å². The van der Waals surface area contributed by atoms with E-state index in [0.29, 0.717) is 5.92 Å². The Morgan fingerprint density at radius 2 is 2.25 bits per heavy atom. The highest BCUT2D eigenvalue weighted by Crippen LogP contribution is 2.24. The summed E-state index contributed by atoms with van der Waals surface area (Å²) in [6.45, 7) is 10.5. The van der Waals surface area contributed by atoms with Gasteiger partial charge in [0.05, 0.1) is 6.04 Å². The van der Waals surface area contributed by atoms with Crippen LogP contribution in [0.15, 0.2) is 0 Å². The van der Waals surface area contributed by atoms with E-state index in [2.05, 4.69) is 38.3 Å². The van der Waals surface area contributed by atoms with Crippen molar-refractivity contribution in [2.24, 2.45) is 11.3 Å². The minimum Gasteiger partial charge on any atom is -0.354 e. The first-order valence-electron chi connectivity index (χ1n) is 6.02. The second kappa shape index (κ2) is 5.92. The van der Waals surface area contributed by atoms with Gasteiger partial charge in [-0.3, -0.25) is 4.79 Å². The van der Waals surface area contributed by atoms with Gasteiger partial charge in [-0.2, -0.15) is 11.8 Å². The third-order valence-electron chi connectivity index (χ3n) is 3.52. The zero-order valence-electron chi connectivity index (χ0n) is 10.8. The summed E-state index contributed by atoms with van der Waals surface area (Å²) in [4.78, 5) is 11.9. The zero-order chi connectivity index (χ0) is 12.2. The molecule has 1 aliphatic rings. The number of thioether (sulfide) groups is 1. The van der Waals surface area contributed by atoms with Gasteiger partial charge in [0.25, 0.3) is 0 Å². The highest BCUT2D eigenvalue weighted by atomic mass is 32.2. The van der Waals surface area contributed by atoms with Gasteiger partial charge in [0.1, 0.15) is 0 Å². The summed E-state index contributed by atoms with van der Waals surface area (Å²) in [6, 6.07) is 0.00159. The fraction of sp³-hybridized carbons (Fsp3) is 0.917. The first kappa shape index (κ1) is 13.8. The van der Waals surface area contributed by atoms with Gasteiger partial charge in [-0.1, -0.05) is 27.7 Å². The summed E-state index contributed by atoms with van der Waals surface area (Å²) in [5, 5.41) is 6.31. The van der Waals surface area contributed by atoms with Gasteiger partial charge in [-0.15, -0.1) is 0 Å². The predicted molar refractivity (Wildman–Crippen MR) is 70.7 cm³/mol. The molecule has 0 aliphatic carbocycles. The van der Waals surface area contributed by atoms with Gasteiger partial charge in [0.15, 0.2) is 0 Å². The van der Waals surface area contributed by atoms with Gasteiger partial charge in [-0.05, 0) is 11.3 Å². The Morgan fingerprint density at radius 3 is 2.75 bits per heavy atom. The molecule has 94 valence electrons. The Hall–Kier alpha value is -0.220. The average Bonchev–Trinajstić information content (AvgIpc) is 2.27. The lowest BCUT2D eigenvalue weighted by atomic mass is 9.81. The minimum absolute atomic E-state index is 0.00159. The summed E-state index contributed by atoms with van der Waals surface area (Å²) in [5.74, 6) is 2.73. The summed E-state index contributed by atoms with van der Waals surface area (Å²) in [5.41, 5.74) is 0.164. The van der Waals surface area contributed by atoms with E-state index in [9.17, 15) is 4.79 Å². The Bertz CT molecular complexity index is 235. The largest absolute Gasteiger partial charge is 0.354 e. The van der Waals surface area contributed by atoms with Crippen LogP contribution in [0.4, 0.5) is 0 Å². The van der Waals surface area contributed by atoms with Crippen LogP contribution >= 0.6 is 11.8 Å². The molecule has 0 bridgehead atoms. The topological polar surface area (TPSA) is 41.1 Å². The number of carbonyl (C=O) groups excluding carboxylic acids is 1. The van der Waals surface area contributed by atoms with E-state index in [0.717, 1.165) is 24.6 Å². The lowest BCUT2D eigenvalue weighted by molar-refractivity contribution is -0.123. The molecule has 0 aromatic rings. The van der Waals surface area contributed by atoms with E-state index in [1.807, 2.05) is 11.8 Å². The maximum Gasteiger partial charge on any atom is 0.238 e. The number of hydrogen-bond donors (Lipinski definition) is 2. The van der Waals surface area contributed by atoms with E-state index in [-0.39, 0.29) is 17.4 Å². The normalized spacial score (nSPS) is 22.2. The quantitative estimate of drug-likeness (QED) is 0.787. The van der Waals surface area contributed by atoms with Crippen molar-refractivity contribution >= 4 is 17.7 Å². The molecule has 0 saturated carbocycles. The molecule has 1 unspecified atom stereocenters. The molecular formula is C12H24N2OS. The van der Waals surface area contributed by atoms with E-state index in [4.69, 9.17) is 0 Å². The zero-order valence-corrected chi connectivity index (χ0v) is 11.6. The second-order valence-electron chi connectivity index (χ2n) is 5.44. The van der Waals surface area contributed by atoms with Crippen LogP contribution in [0.3, 0.4) is 0 Å². The molecule has 0 spiro atoms.